The molecule has 43 heavy (non-hydrogen) atoms. The highest BCUT2D eigenvalue weighted by atomic mass is 16.4. The molecule has 0 bridgehead atoms. The SMILES string of the molecule is O=C(O)CCC(CCCC(CCCCCCCCCCCCCCC(CNNNNNC(=O)O)C(=O)O)C(=O)O)C(=O)O. The first-order valence-electron chi connectivity index (χ1n) is 15.4. The molecule has 0 radical (unpaired) electrons. The minimum Gasteiger partial charge on any atom is -0.481 e. The Hall–Kier alpha value is -3.01. The summed E-state index contributed by atoms with van der Waals surface area (Å²) in [6, 6.07) is 0. The van der Waals surface area contributed by atoms with Crippen LogP contribution in [0.4, 0.5) is 4.79 Å². The Kier molecular flexibility index (Phi) is 24.7. The van der Waals surface area contributed by atoms with Gasteiger partial charge in [-0.05, 0) is 32.1 Å². The van der Waals surface area contributed by atoms with E-state index < -0.39 is 47.7 Å². The second-order valence-corrected chi connectivity index (χ2v) is 11.0. The Bertz CT molecular complexity index is 802. The Labute approximate surface area is 253 Å². The van der Waals surface area contributed by atoms with Crippen molar-refractivity contribution in [1.82, 2.24) is 27.5 Å². The molecule has 0 aliphatic heterocycles. The number of unbranched alkanes of at least 4 members (excludes halogenated alkanes) is 11. The van der Waals surface area contributed by atoms with Crippen molar-refractivity contribution >= 4 is 30.0 Å². The third-order valence-corrected chi connectivity index (χ3v) is 7.45. The standard InChI is InChI=1S/C28H53N5O10/c34-24(35)19-18-22(26(38)39)17-13-16-21(25(36)37)14-11-9-7-5-3-1-2-4-6-8-10-12-15-23(27(40)41)20-29-31-33-32-30-28(42)43/h21-23,29-33H,1-20H2,(H,34,35)(H,36,37)(H,38,39)(H,40,41)(H,42,43). The fraction of sp³-hybridized carbons (Fsp3) is 0.821. The highest BCUT2D eigenvalue weighted by Gasteiger charge is 2.21. The molecule has 0 aliphatic carbocycles. The first-order valence-corrected chi connectivity index (χ1v) is 15.4. The predicted octanol–water partition coefficient (Wildman–Crippen LogP) is 3.87. The Balaban J connectivity index is 3.74. The lowest BCUT2D eigenvalue weighted by Gasteiger charge is -2.15. The third kappa shape index (κ3) is 25.2. The van der Waals surface area contributed by atoms with Crippen LogP contribution in [0, 0.1) is 17.8 Å². The van der Waals surface area contributed by atoms with Gasteiger partial charge < -0.3 is 25.5 Å². The van der Waals surface area contributed by atoms with Gasteiger partial charge in [-0.3, -0.25) is 19.2 Å². The van der Waals surface area contributed by atoms with Gasteiger partial charge in [-0.2, -0.15) is 16.6 Å². The number of nitrogens with one attached hydrogen (secondary N) is 5. The van der Waals surface area contributed by atoms with Crippen LogP contribution in [-0.2, 0) is 19.2 Å². The molecule has 0 spiro atoms. The quantitative estimate of drug-likeness (QED) is 0.0391. The largest absolute Gasteiger partial charge is 0.481 e. The molecule has 3 atom stereocenters. The van der Waals surface area contributed by atoms with Gasteiger partial charge in [-0.15, -0.1) is 0 Å². The monoisotopic (exact) mass is 619 g/mol. The highest BCUT2D eigenvalue weighted by Crippen LogP contribution is 2.22. The summed E-state index contributed by atoms with van der Waals surface area (Å²) in [5, 5.41) is 45.2. The fourth-order valence-corrected chi connectivity index (χ4v) is 4.89. The second-order valence-electron chi connectivity index (χ2n) is 11.0. The lowest BCUT2D eigenvalue weighted by Crippen LogP contribution is -2.57. The van der Waals surface area contributed by atoms with E-state index in [0.29, 0.717) is 32.1 Å². The van der Waals surface area contributed by atoms with Gasteiger partial charge >= 0.3 is 30.0 Å². The lowest BCUT2D eigenvalue weighted by atomic mass is 9.91. The minimum atomic E-state index is -1.27. The van der Waals surface area contributed by atoms with Crippen LogP contribution in [0.2, 0.25) is 0 Å². The summed E-state index contributed by atoms with van der Waals surface area (Å²) in [6.07, 6.45) is 13.4. The number of carboxylic acid groups (broad SMARTS) is 5. The molecule has 0 saturated heterocycles. The maximum absolute atomic E-state index is 11.6. The molecule has 15 nitrogen and oxygen atoms in total. The summed E-state index contributed by atoms with van der Waals surface area (Å²) in [4.78, 5) is 55.2. The third-order valence-electron chi connectivity index (χ3n) is 7.45. The zero-order valence-electron chi connectivity index (χ0n) is 25.2. The first-order chi connectivity index (χ1) is 20.5. The Morgan fingerprint density at radius 2 is 0.837 bits per heavy atom. The molecule has 0 aromatic carbocycles. The van der Waals surface area contributed by atoms with Gasteiger partial charge in [-0.25, -0.2) is 15.6 Å². The molecular weight excluding hydrogens is 566 g/mol. The number of hydrogen-bond acceptors (Lipinski definition) is 9. The summed E-state index contributed by atoms with van der Waals surface area (Å²) >= 11 is 0. The normalized spacial score (nSPS) is 13.2. The summed E-state index contributed by atoms with van der Waals surface area (Å²) in [5.74, 6) is -5.60. The summed E-state index contributed by atoms with van der Waals surface area (Å²) in [5.41, 5.74) is 11.4. The van der Waals surface area contributed by atoms with Crippen molar-refractivity contribution in [2.24, 2.45) is 17.8 Å². The zero-order valence-corrected chi connectivity index (χ0v) is 25.2. The van der Waals surface area contributed by atoms with E-state index in [9.17, 15) is 39.3 Å². The second kappa shape index (κ2) is 26.6. The smallest absolute Gasteiger partial charge is 0.420 e. The van der Waals surface area contributed by atoms with Crippen LogP contribution in [-0.4, -0.2) is 62.0 Å². The molecule has 0 saturated carbocycles. The molecule has 15 heteroatoms. The van der Waals surface area contributed by atoms with Crippen LogP contribution in [0.15, 0.2) is 0 Å². The Morgan fingerprint density at radius 3 is 1.26 bits per heavy atom. The van der Waals surface area contributed by atoms with Gasteiger partial charge in [0.2, 0.25) is 0 Å². The number of carbonyl (C=O) groups is 5. The van der Waals surface area contributed by atoms with Gasteiger partial charge in [0.1, 0.15) is 0 Å². The van der Waals surface area contributed by atoms with E-state index >= 15 is 0 Å². The number of aliphatic carboxylic acids is 4. The van der Waals surface area contributed by atoms with Crippen molar-refractivity contribution in [2.45, 2.75) is 122 Å². The van der Waals surface area contributed by atoms with Crippen molar-refractivity contribution in [3.8, 4) is 0 Å². The van der Waals surface area contributed by atoms with Crippen LogP contribution >= 0.6 is 0 Å². The average molecular weight is 620 g/mol. The number of rotatable bonds is 31. The number of carboxylic acids is 4. The molecule has 250 valence electrons. The predicted molar refractivity (Wildman–Crippen MR) is 157 cm³/mol. The van der Waals surface area contributed by atoms with E-state index in [1.807, 2.05) is 5.43 Å². The van der Waals surface area contributed by atoms with Crippen LogP contribution in [0.25, 0.3) is 0 Å². The van der Waals surface area contributed by atoms with E-state index in [0.717, 1.165) is 77.0 Å². The molecule has 0 fully saturated rings. The maximum Gasteiger partial charge on any atom is 0.420 e. The molecular formula is C28H53N5O10. The highest BCUT2D eigenvalue weighted by molar-refractivity contribution is 5.72. The fourth-order valence-electron chi connectivity index (χ4n) is 4.89. The molecule has 1 amide bonds. The summed E-state index contributed by atoms with van der Waals surface area (Å²) in [6.45, 7) is 0.184. The van der Waals surface area contributed by atoms with Gasteiger partial charge in [0.25, 0.3) is 0 Å². The molecule has 3 unspecified atom stereocenters. The Morgan fingerprint density at radius 1 is 0.442 bits per heavy atom. The molecule has 0 aliphatic rings. The van der Waals surface area contributed by atoms with Crippen molar-refractivity contribution in [3.63, 3.8) is 0 Å². The summed E-state index contributed by atoms with van der Waals surface area (Å²) in [7, 11) is 0. The molecule has 0 aromatic rings. The number of hydrazine groups is 4. The minimum absolute atomic E-state index is 0.0606. The van der Waals surface area contributed by atoms with E-state index in [1.54, 1.807) is 0 Å². The van der Waals surface area contributed by atoms with Crippen molar-refractivity contribution in [3.05, 3.63) is 0 Å². The molecule has 0 aromatic heterocycles. The van der Waals surface area contributed by atoms with Gasteiger partial charge in [0.15, 0.2) is 0 Å². The average Bonchev–Trinajstić information content (AvgIpc) is 2.93. The van der Waals surface area contributed by atoms with Crippen LogP contribution in [0.1, 0.15) is 122 Å². The van der Waals surface area contributed by atoms with Crippen LogP contribution < -0.4 is 27.5 Å². The zero-order chi connectivity index (χ0) is 32.3. The van der Waals surface area contributed by atoms with Gasteiger partial charge in [0.05, 0.1) is 17.8 Å². The molecule has 10 N–H and O–H groups in total. The van der Waals surface area contributed by atoms with E-state index in [-0.39, 0.29) is 19.4 Å². The number of hydrogen-bond donors (Lipinski definition) is 10. The topological polar surface area (TPSA) is 247 Å². The van der Waals surface area contributed by atoms with E-state index in [2.05, 4.69) is 22.0 Å². The van der Waals surface area contributed by atoms with Crippen LogP contribution in [0.5, 0.6) is 0 Å². The molecule has 0 heterocycles. The van der Waals surface area contributed by atoms with Crippen molar-refractivity contribution < 1.29 is 49.5 Å². The lowest BCUT2D eigenvalue weighted by molar-refractivity contribution is -0.144. The van der Waals surface area contributed by atoms with Crippen molar-refractivity contribution in [1.29, 1.82) is 0 Å². The number of amides is 1. The van der Waals surface area contributed by atoms with Gasteiger partial charge in [-0.1, -0.05) is 83.5 Å². The first kappa shape index (κ1) is 40.0. The summed E-state index contributed by atoms with van der Waals surface area (Å²) < 4.78 is 0. The van der Waals surface area contributed by atoms with Crippen molar-refractivity contribution in [2.75, 3.05) is 6.54 Å². The molecule has 0 rings (SSSR count). The maximum atomic E-state index is 11.6. The van der Waals surface area contributed by atoms with Gasteiger partial charge in [0, 0.05) is 13.0 Å². The van der Waals surface area contributed by atoms with Crippen LogP contribution in [0.3, 0.4) is 0 Å². The van der Waals surface area contributed by atoms with E-state index in [4.69, 9.17) is 10.2 Å². The van der Waals surface area contributed by atoms with E-state index in [1.165, 1.54) is 0 Å².